The van der Waals surface area contributed by atoms with E-state index in [9.17, 15) is 4.79 Å². The summed E-state index contributed by atoms with van der Waals surface area (Å²) in [7, 11) is -5.28. The maximum absolute atomic E-state index is 13.7. The molecule has 1 aliphatic rings. The topological polar surface area (TPSA) is 44.8 Å². The van der Waals surface area contributed by atoms with Gasteiger partial charge in [0.05, 0.1) is 35.3 Å². The van der Waals surface area contributed by atoms with Crippen molar-refractivity contribution in [2.24, 2.45) is 5.92 Å². The van der Waals surface area contributed by atoms with Gasteiger partial charge in [0.1, 0.15) is 5.75 Å². The molecule has 35 heavy (non-hydrogen) atoms. The van der Waals surface area contributed by atoms with Gasteiger partial charge < -0.3 is 13.6 Å². The maximum atomic E-state index is 13.7. The molecule has 4 nitrogen and oxygen atoms in total. The van der Waals surface area contributed by atoms with Crippen molar-refractivity contribution in [2.45, 2.75) is 69.9 Å². The van der Waals surface area contributed by atoms with E-state index in [1.54, 1.807) is 7.11 Å². The monoisotopic (exact) mass is 544 g/mol. The first kappa shape index (κ1) is 28.1. The van der Waals surface area contributed by atoms with Gasteiger partial charge in [0, 0.05) is 11.0 Å². The molecule has 0 spiro atoms. The highest BCUT2D eigenvalue weighted by atomic mass is 29.7. The van der Waals surface area contributed by atoms with Crippen molar-refractivity contribution in [3.8, 4) is 5.75 Å². The molecule has 0 heterocycles. The second-order valence-corrected chi connectivity index (χ2v) is 43.8. The van der Waals surface area contributed by atoms with Crippen molar-refractivity contribution >= 4 is 36.8 Å². The Hall–Kier alpha value is -1.46. The molecule has 0 bridgehead atoms. The van der Waals surface area contributed by atoms with Crippen molar-refractivity contribution in [1.82, 2.24) is 0 Å². The lowest BCUT2D eigenvalue weighted by Gasteiger charge is -2.58. The smallest absolute Gasteiger partial charge is 0.310 e. The summed E-state index contributed by atoms with van der Waals surface area (Å²) in [4.78, 5) is 13.7. The van der Waals surface area contributed by atoms with Crippen LogP contribution < -0.4 is 4.74 Å². The van der Waals surface area contributed by atoms with E-state index in [0.29, 0.717) is 0 Å². The summed E-state index contributed by atoms with van der Waals surface area (Å²) in [6.07, 6.45) is 0. The van der Waals surface area contributed by atoms with Crippen molar-refractivity contribution in [3.63, 3.8) is 0 Å². The Morgan fingerprint density at radius 1 is 0.771 bits per heavy atom. The van der Waals surface area contributed by atoms with E-state index in [4.69, 9.17) is 13.6 Å². The van der Waals surface area contributed by atoms with Crippen LogP contribution in [0.4, 0.5) is 0 Å². The third kappa shape index (κ3) is 4.56. The third-order valence-electron chi connectivity index (χ3n) is 7.54. The lowest BCUT2D eigenvalue weighted by atomic mass is 10.0. The molecule has 2 aromatic carbocycles. The highest BCUT2D eigenvalue weighted by Gasteiger charge is 2.85. The number of methoxy groups -OCH3 is 2. The van der Waals surface area contributed by atoms with Gasteiger partial charge >= 0.3 is 5.97 Å². The molecule has 0 amide bonds. The van der Waals surface area contributed by atoms with Crippen LogP contribution in [0.15, 0.2) is 54.6 Å². The molecule has 0 N–H and O–H groups in total. The first-order chi connectivity index (χ1) is 16.1. The highest BCUT2D eigenvalue weighted by Crippen LogP contribution is 2.73. The van der Waals surface area contributed by atoms with Gasteiger partial charge in [0.15, 0.2) is 15.7 Å². The van der Waals surface area contributed by atoms with Gasteiger partial charge in [-0.3, -0.25) is 4.79 Å². The second-order valence-electron chi connectivity index (χ2n) is 12.9. The van der Waals surface area contributed by atoms with E-state index in [-0.39, 0.29) is 22.8 Å². The van der Waals surface area contributed by atoms with Gasteiger partial charge in [-0.15, -0.1) is 0 Å². The molecule has 1 saturated carbocycles. The average Bonchev–Trinajstić information content (AvgIpc) is 3.46. The lowest BCUT2D eigenvalue weighted by molar-refractivity contribution is -0.142. The van der Waals surface area contributed by atoms with Crippen LogP contribution in [0.3, 0.4) is 0 Å². The number of hydrogen-bond acceptors (Lipinski definition) is 4. The molecule has 2 unspecified atom stereocenters. The largest absolute Gasteiger partial charge is 0.497 e. The first-order valence-corrected chi connectivity index (χ1v) is 26.9. The maximum Gasteiger partial charge on any atom is 0.310 e. The van der Waals surface area contributed by atoms with Crippen LogP contribution >= 0.6 is 0 Å². The zero-order chi connectivity index (χ0) is 26.4. The van der Waals surface area contributed by atoms with Crippen LogP contribution in [-0.4, -0.2) is 51.0 Å². The Morgan fingerprint density at radius 3 is 1.69 bits per heavy atom. The third-order valence-corrected chi connectivity index (χ3v) is 48.0. The molecule has 0 aliphatic heterocycles. The molecule has 0 radical (unpaired) electrons. The van der Waals surface area contributed by atoms with E-state index in [2.05, 4.69) is 95.3 Å². The minimum atomic E-state index is -2.61. The van der Waals surface area contributed by atoms with Crippen LogP contribution in [0.1, 0.15) is 17.0 Å². The number of carbonyl (C=O) groups is 1. The number of ether oxygens (including phenoxy) is 2. The summed E-state index contributed by atoms with van der Waals surface area (Å²) in [5.41, 5.74) is 2.43. The zero-order valence-electron chi connectivity index (χ0n) is 23.5. The number of rotatable bonds is 9. The highest BCUT2D eigenvalue weighted by molar-refractivity contribution is 7.68. The fourth-order valence-electron chi connectivity index (χ4n) is 7.04. The summed E-state index contributed by atoms with van der Waals surface area (Å²) in [6, 6.07) is 19.1. The summed E-state index contributed by atoms with van der Waals surface area (Å²) < 4.78 is 18.8. The van der Waals surface area contributed by atoms with E-state index < -0.39 is 30.9 Å². The Morgan fingerprint density at radius 2 is 1.29 bits per heavy atom. The van der Waals surface area contributed by atoms with E-state index >= 15 is 0 Å². The Bertz CT molecular complexity index is 1020. The predicted octanol–water partition coefficient (Wildman–Crippen LogP) is 6.69. The van der Waals surface area contributed by atoms with Crippen molar-refractivity contribution < 1.29 is 18.4 Å². The summed E-state index contributed by atoms with van der Waals surface area (Å²) in [6.45, 7) is 22.0. The minimum Gasteiger partial charge on any atom is -0.497 e. The molecule has 2 aromatic rings. The fourth-order valence-corrected chi connectivity index (χ4v) is 68.8. The lowest BCUT2D eigenvalue weighted by Crippen LogP contribution is -2.82. The van der Waals surface area contributed by atoms with Gasteiger partial charge in [-0.25, -0.2) is 0 Å². The fraction of sp³-hybridized carbons (Fsp3) is 0.519. The van der Waals surface area contributed by atoms with E-state index in [1.165, 1.54) is 18.2 Å². The number of esters is 1. The molecule has 192 valence electrons. The van der Waals surface area contributed by atoms with Gasteiger partial charge in [-0.05, 0) is 42.9 Å². The molecule has 0 saturated heterocycles. The van der Waals surface area contributed by atoms with Crippen molar-refractivity contribution in [3.05, 3.63) is 65.7 Å². The summed E-state index contributed by atoms with van der Waals surface area (Å²) in [5.74, 6) is 0.521. The van der Waals surface area contributed by atoms with Gasteiger partial charge in [0.2, 0.25) is 0 Å². The first-order valence-electron chi connectivity index (χ1n) is 12.6. The number of hydrogen-bond donors (Lipinski definition) is 0. The second kappa shape index (κ2) is 9.44. The molecule has 3 rings (SSSR count). The van der Waals surface area contributed by atoms with Gasteiger partial charge in [-0.1, -0.05) is 81.7 Å². The standard InChI is InChI=1S/C27H44O4Si4/c1-29-23-19-17-22(18-20-23)27(24(25(27)26(28)30-2)21-15-13-12-14-16-21)35(33(6,7)8,34(9,10)11)31-32(3,4)5/h12-20,24-25H,1-11H3/t24?,25?,27-/m0/s1. The minimum absolute atomic E-state index is 0.0472. The number of carbonyl (C=O) groups excluding carboxylic acids is 1. The predicted molar refractivity (Wildman–Crippen MR) is 156 cm³/mol. The molecule has 0 aromatic heterocycles. The number of benzene rings is 2. The van der Waals surface area contributed by atoms with Crippen LogP contribution in [-0.2, 0) is 18.7 Å². The quantitative estimate of drug-likeness (QED) is 0.261. The van der Waals surface area contributed by atoms with E-state index in [1.807, 2.05) is 18.2 Å². The SMILES string of the molecule is COC(=O)C1C(c2ccccc2)[C@]1(c1ccc(OC)cc1)[Si](O[Si](C)(C)C)([Si](C)(C)C)[Si](C)(C)C. The van der Waals surface area contributed by atoms with Crippen LogP contribution in [0.5, 0.6) is 5.75 Å². The van der Waals surface area contributed by atoms with Crippen LogP contribution in [0.2, 0.25) is 58.9 Å². The zero-order valence-corrected chi connectivity index (χ0v) is 27.5. The molecule has 8 heteroatoms. The van der Waals surface area contributed by atoms with E-state index in [0.717, 1.165) is 5.75 Å². The summed E-state index contributed by atoms with van der Waals surface area (Å²) in [5, 5.41) is -0.372. The summed E-state index contributed by atoms with van der Waals surface area (Å²) >= 11 is 0. The van der Waals surface area contributed by atoms with Crippen LogP contribution in [0.25, 0.3) is 0 Å². The Labute approximate surface area is 216 Å². The Kier molecular flexibility index (Phi) is 7.59. The van der Waals surface area contributed by atoms with Crippen LogP contribution in [0, 0.1) is 5.92 Å². The Balaban J connectivity index is 2.51. The molecular formula is C27H44O4Si4. The van der Waals surface area contributed by atoms with Gasteiger partial charge in [0.25, 0.3) is 0 Å². The molecule has 1 fully saturated rings. The normalized spacial score (nSPS) is 23.1. The van der Waals surface area contributed by atoms with Crippen molar-refractivity contribution in [2.75, 3.05) is 14.2 Å². The van der Waals surface area contributed by atoms with Crippen molar-refractivity contribution in [1.29, 1.82) is 0 Å². The molecule has 3 atom stereocenters. The van der Waals surface area contributed by atoms with Gasteiger partial charge in [-0.2, -0.15) is 0 Å². The molecular weight excluding hydrogens is 501 g/mol. The average molecular weight is 545 g/mol. The molecule has 1 aliphatic carbocycles.